The van der Waals surface area contributed by atoms with Crippen molar-refractivity contribution in [3.8, 4) is 0 Å². The lowest BCUT2D eigenvalue weighted by Crippen LogP contribution is -2.44. The van der Waals surface area contributed by atoms with Crippen molar-refractivity contribution in [3.63, 3.8) is 0 Å². The minimum Gasteiger partial charge on any atom is -0.379 e. The lowest BCUT2D eigenvalue weighted by molar-refractivity contribution is -0.138. The third-order valence-corrected chi connectivity index (χ3v) is 5.25. The molecular formula is C20H33Cl3N2O4. The van der Waals surface area contributed by atoms with E-state index in [0.717, 1.165) is 32.8 Å². The molecule has 168 valence electrons. The van der Waals surface area contributed by atoms with Crippen LogP contribution in [0.5, 0.6) is 0 Å². The summed E-state index contributed by atoms with van der Waals surface area (Å²) in [5, 5.41) is -0.560. The summed E-state index contributed by atoms with van der Waals surface area (Å²) in [7, 11) is 0. The van der Waals surface area contributed by atoms with Crippen molar-refractivity contribution >= 4 is 46.0 Å². The van der Waals surface area contributed by atoms with Crippen LogP contribution in [0.4, 0.5) is 0 Å². The van der Waals surface area contributed by atoms with Gasteiger partial charge in [-0.2, -0.15) is 0 Å². The number of halogens is 3. The molecule has 2 fully saturated rings. The van der Waals surface area contributed by atoms with Gasteiger partial charge in [-0.1, -0.05) is 37.6 Å². The van der Waals surface area contributed by atoms with Crippen molar-refractivity contribution in [2.75, 3.05) is 59.2 Å². The van der Waals surface area contributed by atoms with Crippen LogP contribution in [0.1, 0.15) is 20.3 Å². The molecule has 0 radical (unpaired) electrons. The quantitative estimate of drug-likeness (QED) is 0.337. The lowest BCUT2D eigenvalue weighted by atomic mass is 10.1. The van der Waals surface area contributed by atoms with Gasteiger partial charge >= 0.3 is 0 Å². The van der Waals surface area contributed by atoms with Gasteiger partial charge in [-0.05, 0) is 11.6 Å². The highest BCUT2D eigenvalue weighted by molar-refractivity contribution is 6.63. The summed E-state index contributed by atoms with van der Waals surface area (Å²) in [6, 6.07) is 0. The number of nitrogens with zero attached hydrogens (tertiary/aromatic N) is 2. The molecule has 2 heterocycles. The molecule has 0 bridgehead atoms. The fraction of sp³-hybridized carbons (Fsp3) is 0.700. The molecule has 0 aromatic heterocycles. The standard InChI is InChI=1S/C10H16ClNO2.C7H12ClNO.C3H5ClO/c1-3-9(11)8(2)10(13)12-4-6-14-7-5-12;8-2-1-3-9-4-6-10-7-5-9;1-2-3(4)5/h3,8-9H,1,4-7H2,2H3;1-2H,3-7H2;2H2,1H3/b;2-1-;/t8-,9-;;/m1../s1. The van der Waals surface area contributed by atoms with Crippen molar-refractivity contribution in [1.29, 1.82) is 0 Å². The normalized spacial score (nSPS) is 19.3. The number of alkyl halides is 1. The Kier molecular flexibility index (Phi) is 17.8. The first kappa shape index (κ1) is 28.4. The molecule has 2 aliphatic heterocycles. The molecule has 0 N–H and O–H groups in total. The number of carbonyl (C=O) groups excluding carboxylic acids is 2. The van der Waals surface area contributed by atoms with E-state index in [0.29, 0.717) is 32.7 Å². The maximum absolute atomic E-state index is 11.8. The molecule has 0 unspecified atom stereocenters. The van der Waals surface area contributed by atoms with E-state index in [1.54, 1.807) is 23.4 Å². The van der Waals surface area contributed by atoms with Crippen LogP contribution in [0.25, 0.3) is 0 Å². The van der Waals surface area contributed by atoms with E-state index in [2.05, 4.69) is 11.5 Å². The van der Waals surface area contributed by atoms with Crippen LogP contribution in [-0.2, 0) is 19.1 Å². The molecule has 2 atom stereocenters. The summed E-state index contributed by atoms with van der Waals surface area (Å²) >= 11 is 16.1. The number of amides is 1. The van der Waals surface area contributed by atoms with Gasteiger partial charge < -0.3 is 14.4 Å². The first-order valence-corrected chi connectivity index (χ1v) is 11.0. The molecule has 0 saturated carbocycles. The molecule has 1 amide bonds. The third kappa shape index (κ3) is 14.1. The van der Waals surface area contributed by atoms with Crippen LogP contribution in [0.15, 0.2) is 24.3 Å². The highest BCUT2D eigenvalue weighted by Crippen LogP contribution is 2.15. The van der Waals surface area contributed by atoms with Crippen LogP contribution < -0.4 is 0 Å². The monoisotopic (exact) mass is 470 g/mol. The number of morpholine rings is 2. The molecule has 6 nitrogen and oxygen atoms in total. The predicted molar refractivity (Wildman–Crippen MR) is 120 cm³/mol. The summed E-state index contributed by atoms with van der Waals surface area (Å²) in [6.07, 6.45) is 3.99. The Morgan fingerprint density at radius 1 is 1.10 bits per heavy atom. The van der Waals surface area contributed by atoms with Crippen LogP contribution in [0.3, 0.4) is 0 Å². The molecule has 2 saturated heterocycles. The second-order valence-corrected chi connectivity index (χ2v) is 7.57. The number of hydrogen-bond acceptors (Lipinski definition) is 5. The van der Waals surface area contributed by atoms with E-state index < -0.39 is 0 Å². The fourth-order valence-corrected chi connectivity index (χ4v) is 2.57. The van der Waals surface area contributed by atoms with E-state index in [9.17, 15) is 9.59 Å². The third-order valence-electron chi connectivity index (χ3n) is 4.25. The average molecular weight is 472 g/mol. The lowest BCUT2D eigenvalue weighted by Gasteiger charge is -2.30. The van der Waals surface area contributed by atoms with Crippen molar-refractivity contribution < 1.29 is 19.1 Å². The summed E-state index contributed by atoms with van der Waals surface area (Å²) in [5.74, 6) is -0.111. The van der Waals surface area contributed by atoms with Crippen LogP contribution >= 0.6 is 34.8 Å². The Bertz CT molecular complexity index is 494. The SMILES string of the molecule is C=C[C@@H](Cl)[C@@H](C)C(=O)N1CCOCC1.CCC(=O)Cl.Cl/C=C\CN1CCOCC1. The smallest absolute Gasteiger partial charge is 0.227 e. The van der Waals surface area contributed by atoms with Crippen molar-refractivity contribution in [2.24, 2.45) is 5.92 Å². The van der Waals surface area contributed by atoms with Gasteiger partial charge in [0.25, 0.3) is 0 Å². The highest BCUT2D eigenvalue weighted by Gasteiger charge is 2.26. The number of carbonyl (C=O) groups is 2. The second-order valence-electron chi connectivity index (χ2n) is 6.39. The topological polar surface area (TPSA) is 59.1 Å². The van der Waals surface area contributed by atoms with E-state index in [4.69, 9.17) is 44.3 Å². The van der Waals surface area contributed by atoms with Crippen LogP contribution in [-0.4, -0.2) is 85.5 Å². The van der Waals surface area contributed by atoms with E-state index >= 15 is 0 Å². The van der Waals surface area contributed by atoms with Gasteiger partial charge in [0.05, 0.1) is 37.7 Å². The molecule has 0 spiro atoms. The Morgan fingerprint density at radius 2 is 1.59 bits per heavy atom. The summed E-state index contributed by atoms with van der Waals surface area (Å²) in [6.45, 7) is 14.4. The molecule has 2 rings (SSSR count). The molecule has 0 aromatic carbocycles. The van der Waals surface area contributed by atoms with Gasteiger partial charge in [-0.15, -0.1) is 18.2 Å². The number of hydrogen-bond donors (Lipinski definition) is 0. The van der Waals surface area contributed by atoms with Crippen LogP contribution in [0, 0.1) is 5.92 Å². The minimum absolute atomic E-state index is 0.0909. The van der Waals surface area contributed by atoms with Crippen molar-refractivity contribution in [2.45, 2.75) is 25.6 Å². The number of ether oxygens (including phenoxy) is 2. The van der Waals surface area contributed by atoms with E-state index in [1.807, 2.05) is 13.0 Å². The van der Waals surface area contributed by atoms with Gasteiger partial charge in [0.2, 0.25) is 11.1 Å². The zero-order valence-electron chi connectivity index (χ0n) is 17.3. The number of rotatable bonds is 6. The zero-order chi connectivity index (χ0) is 22.1. The first-order valence-electron chi connectivity index (χ1n) is 9.74. The Labute approximate surface area is 189 Å². The van der Waals surface area contributed by atoms with Gasteiger partial charge in [0.1, 0.15) is 0 Å². The predicted octanol–water partition coefficient (Wildman–Crippen LogP) is 3.51. The largest absolute Gasteiger partial charge is 0.379 e. The van der Waals surface area contributed by atoms with Crippen molar-refractivity contribution in [1.82, 2.24) is 9.80 Å². The molecule has 2 aliphatic rings. The van der Waals surface area contributed by atoms with Gasteiger partial charge in [0.15, 0.2) is 0 Å². The van der Waals surface area contributed by atoms with Gasteiger partial charge in [0, 0.05) is 44.7 Å². The molecule has 0 aromatic rings. The van der Waals surface area contributed by atoms with Crippen LogP contribution in [0.2, 0.25) is 0 Å². The molecule has 0 aliphatic carbocycles. The van der Waals surface area contributed by atoms with E-state index in [-0.39, 0.29) is 22.4 Å². The molecular weight excluding hydrogens is 439 g/mol. The molecule has 29 heavy (non-hydrogen) atoms. The Balaban J connectivity index is 0.000000455. The van der Waals surface area contributed by atoms with Gasteiger partial charge in [-0.25, -0.2) is 0 Å². The summed E-state index contributed by atoms with van der Waals surface area (Å²) < 4.78 is 10.4. The maximum atomic E-state index is 11.8. The summed E-state index contributed by atoms with van der Waals surface area (Å²) in [5.41, 5.74) is 1.56. The molecule has 9 heteroatoms. The van der Waals surface area contributed by atoms with E-state index in [1.165, 1.54) is 0 Å². The second kappa shape index (κ2) is 18.2. The Hall–Kier alpha value is -0.630. The maximum Gasteiger partial charge on any atom is 0.227 e. The average Bonchev–Trinajstić information content (AvgIpc) is 2.78. The fourth-order valence-electron chi connectivity index (χ4n) is 2.38. The Morgan fingerprint density at radius 3 is 2.00 bits per heavy atom. The zero-order valence-corrected chi connectivity index (χ0v) is 19.6. The van der Waals surface area contributed by atoms with Crippen molar-refractivity contribution in [3.05, 3.63) is 24.3 Å². The highest BCUT2D eigenvalue weighted by atomic mass is 35.5. The first-order chi connectivity index (χ1) is 13.9. The minimum atomic E-state index is -0.287. The number of allylic oxidation sites excluding steroid dienone is 1. The summed E-state index contributed by atoms with van der Waals surface area (Å²) in [4.78, 5) is 25.5. The van der Waals surface area contributed by atoms with Gasteiger partial charge in [-0.3, -0.25) is 14.5 Å².